The molecule has 0 radical (unpaired) electrons. The Morgan fingerprint density at radius 1 is 1.30 bits per heavy atom. The molecule has 0 atom stereocenters. The number of anilines is 1. The monoisotopic (exact) mass is 312 g/mol. The fraction of sp³-hybridized carbons (Fsp3) is 0.231. The summed E-state index contributed by atoms with van der Waals surface area (Å²) in [7, 11) is 3.01. The quantitative estimate of drug-likeness (QED) is 0.940. The molecular formula is C13H13ClN2O3S. The Balaban J connectivity index is 2.33. The van der Waals surface area contributed by atoms with Crippen LogP contribution in [0.3, 0.4) is 0 Å². The third kappa shape index (κ3) is 2.86. The van der Waals surface area contributed by atoms with E-state index in [-0.39, 0.29) is 5.91 Å². The molecule has 1 heterocycles. The van der Waals surface area contributed by atoms with Crippen LogP contribution >= 0.6 is 22.9 Å². The zero-order chi connectivity index (χ0) is 14.7. The van der Waals surface area contributed by atoms with E-state index in [1.54, 1.807) is 24.6 Å². The molecule has 5 nitrogen and oxygen atoms in total. The molecule has 0 aliphatic carbocycles. The van der Waals surface area contributed by atoms with E-state index in [9.17, 15) is 4.79 Å². The van der Waals surface area contributed by atoms with Gasteiger partial charge in [-0.1, -0.05) is 11.6 Å². The molecule has 0 saturated carbocycles. The number of ether oxygens (including phenoxy) is 2. The number of rotatable bonds is 4. The Bertz CT molecular complexity index is 643. The number of aromatic nitrogens is 1. The van der Waals surface area contributed by atoms with Crippen LogP contribution in [0, 0.1) is 6.92 Å². The van der Waals surface area contributed by atoms with Gasteiger partial charge in [-0.3, -0.25) is 4.79 Å². The van der Waals surface area contributed by atoms with Gasteiger partial charge in [0.05, 0.1) is 36.1 Å². The van der Waals surface area contributed by atoms with Crippen LogP contribution in [-0.4, -0.2) is 25.1 Å². The molecule has 0 fully saturated rings. The number of aryl methyl sites for hydroxylation is 1. The van der Waals surface area contributed by atoms with Gasteiger partial charge in [-0.2, -0.15) is 0 Å². The molecule has 1 N–H and O–H groups in total. The highest BCUT2D eigenvalue weighted by Gasteiger charge is 2.16. The molecule has 106 valence electrons. The molecule has 0 aliphatic heterocycles. The number of thiazole rings is 1. The van der Waals surface area contributed by atoms with Crippen molar-refractivity contribution >= 4 is 34.5 Å². The summed E-state index contributed by atoms with van der Waals surface area (Å²) in [6.45, 7) is 1.78. The first-order valence-electron chi connectivity index (χ1n) is 5.69. The first-order valence-corrected chi connectivity index (χ1v) is 6.95. The van der Waals surface area contributed by atoms with Crippen molar-refractivity contribution in [3.05, 3.63) is 33.2 Å². The van der Waals surface area contributed by atoms with Crippen molar-refractivity contribution in [3.8, 4) is 11.5 Å². The van der Waals surface area contributed by atoms with Gasteiger partial charge >= 0.3 is 0 Å². The number of amides is 1. The lowest BCUT2D eigenvalue weighted by Gasteiger charge is -2.12. The van der Waals surface area contributed by atoms with E-state index in [0.717, 1.165) is 0 Å². The number of nitrogens with one attached hydrogen (secondary N) is 1. The molecule has 2 aromatic rings. The number of hydrogen-bond acceptors (Lipinski definition) is 5. The maximum absolute atomic E-state index is 12.2. The second-order valence-corrected chi connectivity index (χ2v) is 5.17. The Kier molecular flexibility index (Phi) is 4.46. The van der Waals surface area contributed by atoms with E-state index >= 15 is 0 Å². The number of methoxy groups -OCH3 is 2. The van der Waals surface area contributed by atoms with Crippen LogP contribution in [0.4, 0.5) is 5.69 Å². The van der Waals surface area contributed by atoms with Gasteiger partial charge in [0, 0.05) is 12.1 Å². The van der Waals surface area contributed by atoms with Crippen molar-refractivity contribution in [1.82, 2.24) is 4.98 Å². The lowest BCUT2D eigenvalue weighted by atomic mass is 10.2. The molecule has 20 heavy (non-hydrogen) atoms. The van der Waals surface area contributed by atoms with E-state index in [1.807, 2.05) is 0 Å². The van der Waals surface area contributed by atoms with Crippen LogP contribution in [-0.2, 0) is 0 Å². The molecule has 0 aliphatic rings. The van der Waals surface area contributed by atoms with Crippen molar-refractivity contribution < 1.29 is 14.3 Å². The summed E-state index contributed by atoms with van der Waals surface area (Å²) in [5, 5.41) is 3.19. The second kappa shape index (κ2) is 6.11. The normalized spacial score (nSPS) is 10.2. The van der Waals surface area contributed by atoms with E-state index in [1.165, 1.54) is 25.6 Å². The molecular weight excluding hydrogens is 300 g/mol. The van der Waals surface area contributed by atoms with Crippen LogP contribution < -0.4 is 14.8 Å². The minimum Gasteiger partial charge on any atom is -0.495 e. The summed E-state index contributed by atoms with van der Waals surface area (Å²) in [5.74, 6) is 0.683. The van der Waals surface area contributed by atoms with E-state index in [0.29, 0.717) is 32.8 Å². The number of nitrogens with zero attached hydrogens (tertiary/aromatic N) is 1. The molecule has 7 heteroatoms. The lowest BCUT2D eigenvalue weighted by Crippen LogP contribution is -2.12. The fourth-order valence-corrected chi connectivity index (χ4v) is 2.59. The van der Waals surface area contributed by atoms with Crippen molar-refractivity contribution in [2.75, 3.05) is 19.5 Å². The maximum Gasteiger partial charge on any atom is 0.267 e. The third-order valence-electron chi connectivity index (χ3n) is 2.67. The van der Waals surface area contributed by atoms with E-state index in [2.05, 4.69) is 10.3 Å². The summed E-state index contributed by atoms with van der Waals surface area (Å²) in [6.07, 6.45) is 0. The minimum absolute atomic E-state index is 0.243. The second-order valence-electron chi connectivity index (χ2n) is 3.91. The summed E-state index contributed by atoms with van der Waals surface area (Å²) in [5.41, 5.74) is 2.81. The predicted octanol–water partition coefficient (Wildman–Crippen LogP) is 3.37. The highest BCUT2D eigenvalue weighted by molar-refractivity contribution is 7.12. The van der Waals surface area contributed by atoms with Gasteiger partial charge in [-0.15, -0.1) is 11.3 Å². The Labute approximate surface area is 125 Å². The molecule has 0 bridgehead atoms. The lowest BCUT2D eigenvalue weighted by molar-refractivity contribution is 0.102. The molecule has 1 aromatic heterocycles. The molecule has 1 aromatic carbocycles. The van der Waals surface area contributed by atoms with Crippen molar-refractivity contribution in [2.24, 2.45) is 0 Å². The van der Waals surface area contributed by atoms with E-state index in [4.69, 9.17) is 21.1 Å². The van der Waals surface area contributed by atoms with E-state index < -0.39 is 0 Å². The minimum atomic E-state index is -0.243. The molecule has 0 unspecified atom stereocenters. The smallest absolute Gasteiger partial charge is 0.267 e. The van der Waals surface area contributed by atoms with Gasteiger partial charge in [0.2, 0.25) is 0 Å². The fourth-order valence-electron chi connectivity index (χ4n) is 1.66. The Morgan fingerprint density at radius 2 is 2.00 bits per heavy atom. The van der Waals surface area contributed by atoms with Crippen molar-refractivity contribution in [3.63, 3.8) is 0 Å². The van der Waals surface area contributed by atoms with Crippen LogP contribution in [0.15, 0.2) is 17.6 Å². The first-order chi connectivity index (χ1) is 9.56. The molecule has 0 saturated heterocycles. The van der Waals surface area contributed by atoms with Crippen LogP contribution in [0.25, 0.3) is 0 Å². The third-order valence-corrected chi connectivity index (χ3v) is 3.90. The van der Waals surface area contributed by atoms with Crippen molar-refractivity contribution in [1.29, 1.82) is 0 Å². The highest BCUT2D eigenvalue weighted by Crippen LogP contribution is 2.36. The summed E-state index contributed by atoms with van der Waals surface area (Å²) >= 11 is 7.30. The maximum atomic E-state index is 12.2. The van der Waals surface area contributed by atoms with Crippen LogP contribution in [0.1, 0.15) is 15.4 Å². The zero-order valence-electron chi connectivity index (χ0n) is 11.2. The average Bonchev–Trinajstić information content (AvgIpc) is 2.86. The molecule has 0 spiro atoms. The topological polar surface area (TPSA) is 60.5 Å². The zero-order valence-corrected chi connectivity index (χ0v) is 12.8. The number of halogens is 1. The van der Waals surface area contributed by atoms with Gasteiger partial charge in [-0.05, 0) is 6.92 Å². The number of hydrogen-bond donors (Lipinski definition) is 1. The van der Waals surface area contributed by atoms with Crippen molar-refractivity contribution in [2.45, 2.75) is 6.92 Å². The number of carbonyl (C=O) groups excluding carboxylic acids is 1. The predicted molar refractivity (Wildman–Crippen MR) is 79.4 cm³/mol. The summed E-state index contributed by atoms with van der Waals surface area (Å²) < 4.78 is 10.3. The molecule has 1 amide bonds. The number of benzene rings is 1. The summed E-state index contributed by atoms with van der Waals surface area (Å²) in [6, 6.07) is 3.21. The SMILES string of the molecule is COc1cc(NC(=O)c2scnc2C)c(OC)cc1Cl. The average molecular weight is 313 g/mol. The van der Waals surface area contributed by atoms with Crippen LogP contribution in [0.5, 0.6) is 11.5 Å². The highest BCUT2D eigenvalue weighted by atomic mass is 35.5. The van der Waals surface area contributed by atoms with Crippen LogP contribution in [0.2, 0.25) is 5.02 Å². The van der Waals surface area contributed by atoms with Gasteiger partial charge in [0.15, 0.2) is 0 Å². The number of carbonyl (C=O) groups is 1. The van der Waals surface area contributed by atoms with Gasteiger partial charge in [0.1, 0.15) is 16.4 Å². The standard InChI is InChI=1S/C13H13ClN2O3S/c1-7-12(20-6-15-7)13(17)16-9-5-10(18-2)8(14)4-11(9)19-3/h4-6H,1-3H3,(H,16,17). The van der Waals surface area contributed by atoms with Gasteiger partial charge in [0.25, 0.3) is 5.91 Å². The van der Waals surface area contributed by atoms with Gasteiger partial charge < -0.3 is 14.8 Å². The first kappa shape index (κ1) is 14.6. The largest absolute Gasteiger partial charge is 0.495 e. The summed E-state index contributed by atoms with van der Waals surface area (Å²) in [4.78, 5) is 16.8. The van der Waals surface area contributed by atoms with Gasteiger partial charge in [-0.25, -0.2) is 4.98 Å². The molecule has 2 rings (SSSR count). The Hall–Kier alpha value is -1.79. The Morgan fingerprint density at radius 3 is 2.55 bits per heavy atom.